The molecule has 194 valence electrons. The number of halogens is 1. The van der Waals surface area contributed by atoms with Crippen LogP contribution in [0.5, 0.6) is 11.5 Å². The normalized spacial score (nSPS) is 15.4. The number of hydroxylamine groups is 1. The van der Waals surface area contributed by atoms with Crippen LogP contribution in [0, 0.1) is 5.95 Å². The fourth-order valence-corrected chi connectivity index (χ4v) is 4.74. The van der Waals surface area contributed by atoms with Crippen LogP contribution in [0.25, 0.3) is 0 Å². The van der Waals surface area contributed by atoms with Crippen molar-refractivity contribution in [3.8, 4) is 11.5 Å². The van der Waals surface area contributed by atoms with E-state index in [0.29, 0.717) is 17.3 Å². The van der Waals surface area contributed by atoms with Gasteiger partial charge in [0, 0.05) is 26.7 Å². The maximum absolute atomic E-state index is 13.4. The summed E-state index contributed by atoms with van der Waals surface area (Å²) in [5.41, 5.74) is 9.34. The predicted octanol–water partition coefficient (Wildman–Crippen LogP) is 5.76. The summed E-state index contributed by atoms with van der Waals surface area (Å²) in [5.74, 6) is 1.08. The lowest BCUT2D eigenvalue weighted by Gasteiger charge is -2.32. The second-order valence-corrected chi connectivity index (χ2v) is 9.62. The van der Waals surface area contributed by atoms with Crippen LogP contribution >= 0.6 is 0 Å². The fraction of sp³-hybridized carbons (Fsp3) is 0.345. The molecule has 1 atom stereocenters. The van der Waals surface area contributed by atoms with Crippen LogP contribution in [0.2, 0.25) is 0 Å². The second kappa shape index (κ2) is 11.2. The number of benzene rings is 2. The van der Waals surface area contributed by atoms with Gasteiger partial charge in [0.15, 0.2) is 11.5 Å². The van der Waals surface area contributed by atoms with Gasteiger partial charge in [-0.05, 0) is 85.7 Å². The number of anilines is 2. The molecule has 0 spiro atoms. The van der Waals surface area contributed by atoms with Gasteiger partial charge in [0.2, 0.25) is 5.95 Å². The Kier molecular flexibility index (Phi) is 7.58. The second-order valence-electron chi connectivity index (χ2n) is 9.62. The summed E-state index contributed by atoms with van der Waals surface area (Å²) in [6, 6.07) is 17.1. The third kappa shape index (κ3) is 5.87. The molecule has 5 rings (SSSR count). The number of nitrogens with zero attached hydrogens (tertiary/aromatic N) is 3. The monoisotopic (exact) mass is 503 g/mol. The molecule has 37 heavy (non-hydrogen) atoms. The van der Waals surface area contributed by atoms with Crippen molar-refractivity contribution in [1.29, 1.82) is 0 Å². The zero-order chi connectivity index (χ0) is 25.8. The highest BCUT2D eigenvalue weighted by Gasteiger charge is 2.22. The van der Waals surface area contributed by atoms with Crippen molar-refractivity contribution in [3.63, 3.8) is 0 Å². The van der Waals surface area contributed by atoms with Gasteiger partial charge in [-0.2, -0.15) is 4.39 Å². The molecule has 2 N–H and O–H groups in total. The van der Waals surface area contributed by atoms with E-state index in [-0.39, 0.29) is 6.04 Å². The van der Waals surface area contributed by atoms with E-state index < -0.39 is 5.95 Å². The van der Waals surface area contributed by atoms with E-state index in [1.54, 1.807) is 19.2 Å². The number of nitrogens with one attached hydrogen (secondary N) is 2. The zero-order valence-electron chi connectivity index (χ0n) is 21.6. The summed E-state index contributed by atoms with van der Waals surface area (Å²) in [6.45, 7) is 4.14. The first-order chi connectivity index (χ1) is 18.0. The van der Waals surface area contributed by atoms with Gasteiger partial charge in [0.05, 0.1) is 18.0 Å². The van der Waals surface area contributed by atoms with Crippen molar-refractivity contribution in [2.45, 2.75) is 45.2 Å². The Hall–Kier alpha value is -3.62. The molecule has 3 aromatic rings. The van der Waals surface area contributed by atoms with Gasteiger partial charge in [-0.25, -0.2) is 4.98 Å². The summed E-state index contributed by atoms with van der Waals surface area (Å²) in [7, 11) is 3.79. The summed E-state index contributed by atoms with van der Waals surface area (Å²) >= 11 is 0. The van der Waals surface area contributed by atoms with E-state index in [2.05, 4.69) is 52.8 Å². The Labute approximate surface area is 217 Å². The quantitative estimate of drug-likeness (QED) is 0.219. The number of aromatic nitrogens is 1. The molecule has 1 aliphatic heterocycles. The van der Waals surface area contributed by atoms with Crippen LogP contribution in [-0.2, 0) is 13.0 Å². The number of allylic oxidation sites excluding steroid dienone is 1. The van der Waals surface area contributed by atoms with Crippen molar-refractivity contribution in [2.75, 3.05) is 31.0 Å². The number of hydrogen-bond acceptors (Lipinski definition) is 7. The Morgan fingerprint density at radius 1 is 1.08 bits per heavy atom. The van der Waals surface area contributed by atoms with E-state index >= 15 is 0 Å². The van der Waals surface area contributed by atoms with Crippen molar-refractivity contribution in [3.05, 3.63) is 89.1 Å². The molecule has 8 heteroatoms. The molecule has 0 amide bonds. The smallest absolute Gasteiger partial charge is 0.214 e. The maximum atomic E-state index is 13.4. The van der Waals surface area contributed by atoms with E-state index in [4.69, 9.17) is 9.57 Å². The molecule has 1 saturated carbocycles. The lowest BCUT2D eigenvalue weighted by molar-refractivity contribution is -0.00532. The van der Waals surface area contributed by atoms with Crippen LogP contribution in [0.1, 0.15) is 48.9 Å². The Morgan fingerprint density at radius 2 is 1.92 bits per heavy atom. The molecule has 1 aromatic heterocycles. The van der Waals surface area contributed by atoms with E-state index in [9.17, 15) is 4.39 Å². The first-order valence-electron chi connectivity index (χ1n) is 12.8. The first-order valence-corrected chi connectivity index (χ1v) is 12.8. The highest BCUT2D eigenvalue weighted by molar-refractivity contribution is 5.62. The number of fused-ring (bicyclic) bond motifs is 1. The average molecular weight is 504 g/mol. The van der Waals surface area contributed by atoms with E-state index in [1.165, 1.54) is 39.9 Å². The van der Waals surface area contributed by atoms with Crippen molar-refractivity contribution in [1.82, 2.24) is 15.5 Å². The predicted molar refractivity (Wildman–Crippen MR) is 144 cm³/mol. The van der Waals surface area contributed by atoms with Crippen molar-refractivity contribution < 1.29 is 14.0 Å². The molecule has 7 nitrogen and oxygen atoms in total. The Balaban J connectivity index is 1.38. The van der Waals surface area contributed by atoms with Crippen molar-refractivity contribution in [2.24, 2.45) is 0 Å². The summed E-state index contributed by atoms with van der Waals surface area (Å²) < 4.78 is 19.7. The number of rotatable bonds is 9. The van der Waals surface area contributed by atoms with Crippen LogP contribution in [0.15, 0.2) is 66.4 Å². The van der Waals surface area contributed by atoms with Crippen LogP contribution in [-0.4, -0.2) is 30.8 Å². The lowest BCUT2D eigenvalue weighted by Crippen LogP contribution is -2.30. The van der Waals surface area contributed by atoms with E-state index in [0.717, 1.165) is 38.0 Å². The molecular formula is C29H34FN5O2. The van der Waals surface area contributed by atoms with Crippen LogP contribution < -0.4 is 25.2 Å². The van der Waals surface area contributed by atoms with Gasteiger partial charge in [-0.1, -0.05) is 29.4 Å². The van der Waals surface area contributed by atoms with Crippen molar-refractivity contribution >= 4 is 11.5 Å². The maximum Gasteiger partial charge on any atom is 0.214 e. The third-order valence-electron chi connectivity index (χ3n) is 7.10. The molecule has 1 aliphatic carbocycles. The first kappa shape index (κ1) is 25.0. The van der Waals surface area contributed by atoms with E-state index in [1.807, 2.05) is 24.5 Å². The zero-order valence-corrected chi connectivity index (χ0v) is 21.6. The van der Waals surface area contributed by atoms with Crippen LogP contribution in [0.3, 0.4) is 0 Å². The molecule has 0 bridgehead atoms. The summed E-state index contributed by atoms with van der Waals surface area (Å²) in [5, 5.41) is 4.90. The lowest BCUT2D eigenvalue weighted by atomic mass is 9.92. The van der Waals surface area contributed by atoms with Gasteiger partial charge in [0.1, 0.15) is 5.82 Å². The molecule has 1 unspecified atom stereocenters. The number of hydrogen-bond donors (Lipinski definition) is 2. The molecule has 0 radical (unpaired) electrons. The fourth-order valence-electron chi connectivity index (χ4n) is 4.74. The number of pyridine rings is 1. The summed E-state index contributed by atoms with van der Waals surface area (Å²) in [6.07, 6.45) is 6.29. The molecule has 2 aromatic carbocycles. The highest BCUT2D eigenvalue weighted by Crippen LogP contribution is 2.38. The molecule has 2 heterocycles. The molecule has 0 saturated heterocycles. The minimum Gasteiger partial charge on any atom is -0.463 e. The SMILES string of the molecule is CC(c1cccc2c1CNCC2)N(C)c1ccc(ON(C)Nc2cccc(F)n2)cc1OC=C1CCC1. The van der Waals surface area contributed by atoms with Gasteiger partial charge in [-0.3, -0.25) is 5.43 Å². The van der Waals surface area contributed by atoms with Gasteiger partial charge >= 0.3 is 0 Å². The molecule has 1 fully saturated rings. The van der Waals surface area contributed by atoms with Crippen LogP contribution in [0.4, 0.5) is 15.9 Å². The standard InChI is InChI=1S/C29H34FN5O2/c1-20(24-10-5-9-22-15-16-31-18-25(22)24)34(2)26-14-13-23(17-27(26)36-19-21-7-4-8-21)37-35(3)33-29-12-6-11-28(30)32-29/h5-6,9-14,17,19-20,31H,4,7-8,15-16,18H2,1-3H3,(H,32,33). The highest BCUT2D eigenvalue weighted by atomic mass is 19.1. The average Bonchev–Trinajstić information content (AvgIpc) is 2.87. The van der Waals surface area contributed by atoms with Gasteiger partial charge in [-0.15, -0.1) is 0 Å². The van der Waals surface area contributed by atoms with Gasteiger partial charge in [0.25, 0.3) is 0 Å². The minimum absolute atomic E-state index is 0.142. The number of hydrazine groups is 1. The largest absolute Gasteiger partial charge is 0.463 e. The Bertz CT molecular complexity index is 1270. The molecular weight excluding hydrogens is 469 g/mol. The third-order valence-corrected chi connectivity index (χ3v) is 7.10. The summed E-state index contributed by atoms with van der Waals surface area (Å²) in [4.78, 5) is 12.0. The number of ether oxygens (including phenoxy) is 1. The Morgan fingerprint density at radius 3 is 2.70 bits per heavy atom. The van der Waals surface area contributed by atoms with Gasteiger partial charge < -0.3 is 19.8 Å². The minimum atomic E-state index is -0.560. The topological polar surface area (TPSA) is 61.9 Å². The molecule has 2 aliphatic rings.